The fourth-order valence-corrected chi connectivity index (χ4v) is 3.17. The molecule has 1 fully saturated rings. The third-order valence-electron chi connectivity index (χ3n) is 3.48. The lowest BCUT2D eigenvalue weighted by atomic mass is 10.1. The number of primary amides is 1. The van der Waals surface area contributed by atoms with Gasteiger partial charge < -0.3 is 16.4 Å². The number of hydrogen-bond donors (Lipinski definition) is 2. The molecule has 2 heterocycles. The molecule has 0 spiro atoms. The van der Waals surface area contributed by atoms with Crippen LogP contribution >= 0.6 is 11.5 Å². The molecule has 0 saturated carbocycles. The molecule has 7 heteroatoms. The number of nitrogens with two attached hydrogens (primary N) is 2. The summed E-state index contributed by atoms with van der Waals surface area (Å²) >= 11 is 1.26. The van der Waals surface area contributed by atoms with Crippen LogP contribution < -0.4 is 16.4 Å². The van der Waals surface area contributed by atoms with Gasteiger partial charge in [-0.25, -0.2) is 0 Å². The van der Waals surface area contributed by atoms with Crippen molar-refractivity contribution in [2.45, 2.75) is 19.4 Å². The molecule has 0 bridgehead atoms. The number of rotatable bonds is 3. The highest BCUT2D eigenvalue weighted by atomic mass is 32.1. The fraction of sp³-hybridized carbons (Fsp3) is 0.636. The minimum absolute atomic E-state index is 0.245. The van der Waals surface area contributed by atoms with Gasteiger partial charge in [-0.3, -0.25) is 9.69 Å². The predicted molar refractivity (Wildman–Crippen MR) is 74.0 cm³/mol. The lowest BCUT2D eigenvalue weighted by Gasteiger charge is -2.39. The van der Waals surface area contributed by atoms with E-state index in [4.69, 9.17) is 11.5 Å². The summed E-state index contributed by atoms with van der Waals surface area (Å²) in [4.78, 5) is 15.9. The molecule has 1 amide bonds. The van der Waals surface area contributed by atoms with E-state index in [1.807, 2.05) is 0 Å². The zero-order valence-electron chi connectivity index (χ0n) is 10.7. The molecular formula is C11H19N5OS. The van der Waals surface area contributed by atoms with Gasteiger partial charge >= 0.3 is 0 Å². The summed E-state index contributed by atoms with van der Waals surface area (Å²) in [5.74, 6) is -0.252. The maximum Gasteiger partial charge on any atom is 0.255 e. The molecule has 1 aromatic rings. The van der Waals surface area contributed by atoms with Crippen molar-refractivity contribution in [2.75, 3.05) is 37.3 Å². The molecule has 1 aromatic heterocycles. The lowest BCUT2D eigenvalue weighted by molar-refractivity contribution is 0.100. The van der Waals surface area contributed by atoms with Crippen LogP contribution in [0.1, 0.15) is 23.7 Å². The van der Waals surface area contributed by atoms with E-state index in [1.165, 1.54) is 11.5 Å². The van der Waals surface area contributed by atoms with Gasteiger partial charge in [0.15, 0.2) is 5.82 Å². The molecule has 2 rings (SSSR count). The Bertz CT molecular complexity index is 447. The zero-order chi connectivity index (χ0) is 13.3. The Morgan fingerprint density at radius 3 is 2.89 bits per heavy atom. The Hall–Kier alpha value is -1.34. The maximum absolute atomic E-state index is 11.4. The van der Waals surface area contributed by atoms with E-state index in [-0.39, 0.29) is 5.82 Å². The van der Waals surface area contributed by atoms with Gasteiger partial charge in [-0.2, -0.15) is 4.37 Å². The van der Waals surface area contributed by atoms with Crippen molar-refractivity contribution in [1.29, 1.82) is 0 Å². The number of carbonyl (C=O) groups is 1. The van der Waals surface area contributed by atoms with Gasteiger partial charge in [0, 0.05) is 25.7 Å². The average molecular weight is 269 g/mol. The van der Waals surface area contributed by atoms with Crippen LogP contribution in [0, 0.1) is 0 Å². The van der Waals surface area contributed by atoms with Gasteiger partial charge in [-0.15, -0.1) is 0 Å². The lowest BCUT2D eigenvalue weighted by Crippen LogP contribution is -2.51. The number of likely N-dealkylation sites (N-methyl/N-ethyl adjacent to an activating group) is 1. The Labute approximate surface area is 111 Å². The van der Waals surface area contributed by atoms with Crippen LogP contribution in [-0.2, 0) is 0 Å². The first-order valence-corrected chi connectivity index (χ1v) is 6.82. The summed E-state index contributed by atoms with van der Waals surface area (Å²) in [7, 11) is 2.13. The molecule has 1 aliphatic heterocycles. The number of aromatic nitrogens is 1. The smallest absolute Gasteiger partial charge is 0.255 e. The third kappa shape index (κ3) is 2.28. The minimum atomic E-state index is -0.497. The molecule has 1 atom stereocenters. The fourth-order valence-electron chi connectivity index (χ4n) is 2.31. The van der Waals surface area contributed by atoms with E-state index in [1.54, 1.807) is 0 Å². The van der Waals surface area contributed by atoms with E-state index in [0.717, 1.165) is 31.1 Å². The van der Waals surface area contributed by atoms with Gasteiger partial charge in [-0.05, 0) is 25.0 Å². The van der Waals surface area contributed by atoms with Gasteiger partial charge in [0.2, 0.25) is 0 Å². The Balaban J connectivity index is 2.24. The second-order valence-electron chi connectivity index (χ2n) is 4.60. The standard InChI is InChI=1S/C11H19N5OS/c1-3-7-6-16(5-4-15(7)2)11-8(10(13)17)9(12)14-18-11/h7H,3-6H2,1-2H3,(H2,12,14)(H2,13,17). The second-order valence-corrected chi connectivity index (χ2v) is 5.35. The molecule has 0 radical (unpaired) electrons. The summed E-state index contributed by atoms with van der Waals surface area (Å²) < 4.78 is 4.05. The number of nitrogen functional groups attached to an aromatic ring is 1. The second kappa shape index (κ2) is 5.11. The van der Waals surface area contributed by atoms with Crippen molar-refractivity contribution in [3.05, 3.63) is 5.56 Å². The Morgan fingerprint density at radius 2 is 2.28 bits per heavy atom. The monoisotopic (exact) mass is 269 g/mol. The van der Waals surface area contributed by atoms with E-state index < -0.39 is 5.91 Å². The van der Waals surface area contributed by atoms with Gasteiger partial charge in [0.05, 0.1) is 0 Å². The highest BCUT2D eigenvalue weighted by Crippen LogP contribution is 2.31. The maximum atomic E-state index is 11.4. The average Bonchev–Trinajstić information content (AvgIpc) is 2.72. The summed E-state index contributed by atoms with van der Waals surface area (Å²) in [5.41, 5.74) is 11.5. The number of amides is 1. The van der Waals surface area contributed by atoms with E-state index in [2.05, 4.69) is 28.1 Å². The summed E-state index contributed by atoms with van der Waals surface area (Å²) in [6.45, 7) is 4.89. The van der Waals surface area contributed by atoms with Crippen LogP contribution in [0.2, 0.25) is 0 Å². The normalized spacial score (nSPS) is 21.2. The van der Waals surface area contributed by atoms with Crippen molar-refractivity contribution in [1.82, 2.24) is 9.27 Å². The number of nitrogens with zero attached hydrogens (tertiary/aromatic N) is 3. The topological polar surface area (TPSA) is 88.5 Å². The van der Waals surface area contributed by atoms with E-state index in [9.17, 15) is 4.79 Å². The molecule has 100 valence electrons. The Kier molecular flexibility index (Phi) is 3.72. The zero-order valence-corrected chi connectivity index (χ0v) is 11.5. The number of piperazine rings is 1. The highest BCUT2D eigenvalue weighted by Gasteiger charge is 2.28. The minimum Gasteiger partial charge on any atom is -0.382 e. The Morgan fingerprint density at radius 1 is 1.56 bits per heavy atom. The van der Waals surface area contributed by atoms with Crippen molar-refractivity contribution >= 4 is 28.3 Å². The third-order valence-corrected chi connectivity index (χ3v) is 4.41. The molecule has 1 saturated heterocycles. The SMILES string of the molecule is CCC1CN(c2snc(N)c2C(N)=O)CCN1C. The molecule has 1 unspecified atom stereocenters. The van der Waals surface area contributed by atoms with Gasteiger partial charge in [0.1, 0.15) is 10.6 Å². The number of carbonyl (C=O) groups excluding carboxylic acids is 1. The molecule has 18 heavy (non-hydrogen) atoms. The number of hydrogen-bond acceptors (Lipinski definition) is 6. The summed E-state index contributed by atoms with van der Waals surface area (Å²) in [6, 6.07) is 0.489. The first kappa shape index (κ1) is 13.1. The molecule has 1 aliphatic rings. The molecule has 0 aromatic carbocycles. The first-order valence-electron chi connectivity index (χ1n) is 6.04. The van der Waals surface area contributed by atoms with Crippen molar-refractivity contribution in [2.24, 2.45) is 5.73 Å². The highest BCUT2D eigenvalue weighted by molar-refractivity contribution is 7.11. The van der Waals surface area contributed by atoms with Crippen LogP contribution in [0.4, 0.5) is 10.8 Å². The van der Waals surface area contributed by atoms with Gasteiger partial charge in [-0.1, -0.05) is 6.92 Å². The van der Waals surface area contributed by atoms with Crippen LogP contribution in [0.15, 0.2) is 0 Å². The van der Waals surface area contributed by atoms with Crippen molar-refractivity contribution in [3.8, 4) is 0 Å². The predicted octanol–water partition coefficient (Wildman–Crippen LogP) is 0.355. The molecule has 4 N–H and O–H groups in total. The van der Waals surface area contributed by atoms with Crippen LogP contribution in [0.5, 0.6) is 0 Å². The summed E-state index contributed by atoms with van der Waals surface area (Å²) in [6.07, 6.45) is 1.08. The van der Waals surface area contributed by atoms with E-state index in [0.29, 0.717) is 11.6 Å². The van der Waals surface area contributed by atoms with E-state index >= 15 is 0 Å². The quantitative estimate of drug-likeness (QED) is 0.827. The van der Waals surface area contributed by atoms with Crippen LogP contribution in [0.3, 0.4) is 0 Å². The molecule has 6 nitrogen and oxygen atoms in total. The first-order chi connectivity index (χ1) is 8.54. The van der Waals surface area contributed by atoms with Crippen molar-refractivity contribution in [3.63, 3.8) is 0 Å². The van der Waals surface area contributed by atoms with Crippen LogP contribution in [0.25, 0.3) is 0 Å². The molecular weight excluding hydrogens is 250 g/mol. The summed E-state index contributed by atoms with van der Waals surface area (Å²) in [5, 5.41) is 0.812. The largest absolute Gasteiger partial charge is 0.382 e. The van der Waals surface area contributed by atoms with Gasteiger partial charge in [0.25, 0.3) is 5.91 Å². The molecule has 0 aliphatic carbocycles. The number of anilines is 2. The van der Waals surface area contributed by atoms with Crippen LogP contribution in [-0.4, -0.2) is 47.9 Å². The van der Waals surface area contributed by atoms with Crippen molar-refractivity contribution < 1.29 is 4.79 Å².